The van der Waals surface area contributed by atoms with Crippen molar-refractivity contribution >= 4 is 5.97 Å². The number of hydrogen-bond donors (Lipinski definition) is 1. The second kappa shape index (κ2) is 3.51. The summed E-state index contributed by atoms with van der Waals surface area (Å²) in [5.41, 5.74) is -1.82. The highest BCUT2D eigenvalue weighted by atomic mass is 19.4. The lowest BCUT2D eigenvalue weighted by Gasteiger charge is -2.29. The Morgan fingerprint density at radius 2 is 1.44 bits per heavy atom. The molecule has 1 aliphatic carbocycles. The summed E-state index contributed by atoms with van der Waals surface area (Å²) in [6.07, 6.45) is -6.43. The highest BCUT2D eigenvalue weighted by Gasteiger charge is 2.84. The van der Waals surface area contributed by atoms with E-state index in [2.05, 4.69) is 0 Å². The van der Waals surface area contributed by atoms with Crippen molar-refractivity contribution in [1.82, 2.24) is 0 Å². The Balaban J connectivity index is 3.14. The fourth-order valence-electron chi connectivity index (χ4n) is 2.16. The second-order valence-electron chi connectivity index (χ2n) is 4.81. The molecular formula is C9H9F7O2. The van der Waals surface area contributed by atoms with Crippen molar-refractivity contribution in [1.29, 1.82) is 0 Å². The first-order valence-electron chi connectivity index (χ1n) is 4.74. The van der Waals surface area contributed by atoms with E-state index in [1.807, 2.05) is 0 Å². The lowest BCUT2D eigenvalue weighted by molar-refractivity contribution is -0.361. The zero-order chi connectivity index (χ0) is 14.7. The summed E-state index contributed by atoms with van der Waals surface area (Å²) in [5, 5.41) is 8.53. The molecule has 9 heteroatoms. The number of carboxylic acid groups (broad SMARTS) is 1. The summed E-state index contributed by atoms with van der Waals surface area (Å²) in [6.45, 7) is 1.83. The summed E-state index contributed by atoms with van der Waals surface area (Å²) in [4.78, 5) is 10.6. The van der Waals surface area contributed by atoms with Crippen molar-refractivity contribution in [2.24, 2.45) is 17.3 Å². The van der Waals surface area contributed by atoms with Gasteiger partial charge in [-0.15, -0.1) is 0 Å². The molecule has 0 bridgehead atoms. The zero-order valence-electron chi connectivity index (χ0n) is 9.16. The summed E-state index contributed by atoms with van der Waals surface area (Å²) in [6, 6.07) is 0. The lowest BCUT2D eigenvalue weighted by atomic mass is 10.00. The van der Waals surface area contributed by atoms with Gasteiger partial charge < -0.3 is 5.11 Å². The fraction of sp³-hybridized carbons (Fsp3) is 0.889. The Morgan fingerprint density at radius 3 is 1.67 bits per heavy atom. The summed E-state index contributed by atoms with van der Waals surface area (Å²) in [7, 11) is 0. The van der Waals surface area contributed by atoms with Crippen molar-refractivity contribution in [3.8, 4) is 0 Å². The molecule has 106 valence electrons. The Hall–Kier alpha value is -1.02. The van der Waals surface area contributed by atoms with Crippen LogP contribution in [0, 0.1) is 17.3 Å². The van der Waals surface area contributed by atoms with Crippen molar-refractivity contribution in [2.75, 3.05) is 0 Å². The van der Waals surface area contributed by atoms with Crippen LogP contribution in [0.1, 0.15) is 13.8 Å². The fourth-order valence-corrected chi connectivity index (χ4v) is 2.16. The molecule has 0 amide bonds. The first-order chi connectivity index (χ1) is 7.69. The monoisotopic (exact) mass is 282 g/mol. The third-order valence-corrected chi connectivity index (χ3v) is 3.26. The van der Waals surface area contributed by atoms with Crippen LogP contribution in [0.5, 0.6) is 0 Å². The maximum atomic E-state index is 13.3. The molecule has 0 aromatic carbocycles. The van der Waals surface area contributed by atoms with Gasteiger partial charge in [-0.1, -0.05) is 13.8 Å². The Morgan fingerprint density at radius 1 is 1.06 bits per heavy atom. The van der Waals surface area contributed by atoms with Gasteiger partial charge in [0.2, 0.25) is 0 Å². The van der Waals surface area contributed by atoms with Crippen molar-refractivity contribution in [2.45, 2.75) is 31.9 Å². The van der Waals surface area contributed by atoms with Crippen LogP contribution in [0.2, 0.25) is 0 Å². The molecule has 18 heavy (non-hydrogen) atoms. The number of rotatable bonds is 3. The molecule has 1 fully saturated rings. The predicted molar refractivity (Wildman–Crippen MR) is 44.3 cm³/mol. The van der Waals surface area contributed by atoms with Crippen molar-refractivity contribution in [3.63, 3.8) is 0 Å². The quantitative estimate of drug-likeness (QED) is 0.807. The van der Waals surface area contributed by atoms with Gasteiger partial charge in [-0.05, 0) is 5.41 Å². The highest BCUT2D eigenvalue weighted by Crippen LogP contribution is 2.68. The smallest absolute Gasteiger partial charge is 0.459 e. The van der Waals surface area contributed by atoms with Gasteiger partial charge in [0, 0.05) is 5.92 Å². The van der Waals surface area contributed by atoms with E-state index in [0.29, 0.717) is 0 Å². The highest BCUT2D eigenvalue weighted by molar-refractivity contribution is 5.76. The van der Waals surface area contributed by atoms with Crippen LogP contribution in [0.4, 0.5) is 30.7 Å². The average molecular weight is 282 g/mol. The molecule has 1 N–H and O–H groups in total. The first-order valence-corrected chi connectivity index (χ1v) is 4.74. The molecule has 0 saturated heterocycles. The van der Waals surface area contributed by atoms with Crippen molar-refractivity contribution in [3.05, 3.63) is 0 Å². The minimum absolute atomic E-state index is 0.914. The Labute approximate surface area is 96.8 Å². The SMILES string of the molecule is CC1(C)[C@H](C(=O)O)[C@H]1C(F)(F)C(F)(F)C(F)(F)F. The van der Waals surface area contributed by atoms with Gasteiger partial charge in [0.1, 0.15) is 0 Å². The van der Waals surface area contributed by atoms with Crippen LogP contribution >= 0.6 is 0 Å². The number of aliphatic carboxylic acids is 1. The standard InChI is InChI=1S/C9H9F7O2/c1-6(2)3(5(17)18)4(6)7(10,11)8(12,13)9(14,15)16/h3-4H,1-2H3,(H,17,18)/t3-,4+/m0/s1. The molecule has 0 heterocycles. The van der Waals surface area contributed by atoms with Crippen LogP contribution in [0.15, 0.2) is 0 Å². The van der Waals surface area contributed by atoms with Gasteiger partial charge in [-0.3, -0.25) is 4.79 Å². The molecule has 0 aromatic rings. The van der Waals surface area contributed by atoms with Gasteiger partial charge in [0.05, 0.1) is 5.92 Å². The minimum atomic E-state index is -6.43. The molecule has 0 spiro atoms. The van der Waals surface area contributed by atoms with E-state index in [1.54, 1.807) is 0 Å². The zero-order valence-corrected chi connectivity index (χ0v) is 9.16. The number of carboxylic acids is 1. The predicted octanol–water partition coefficient (Wildman–Crippen LogP) is 3.18. The largest absolute Gasteiger partial charge is 0.481 e. The van der Waals surface area contributed by atoms with Gasteiger partial charge in [0.25, 0.3) is 0 Å². The molecule has 0 aromatic heterocycles. The van der Waals surface area contributed by atoms with E-state index in [1.165, 1.54) is 0 Å². The summed E-state index contributed by atoms with van der Waals surface area (Å²) >= 11 is 0. The van der Waals surface area contributed by atoms with E-state index in [-0.39, 0.29) is 0 Å². The van der Waals surface area contributed by atoms with E-state index in [0.717, 1.165) is 13.8 Å². The maximum absolute atomic E-state index is 13.3. The van der Waals surface area contributed by atoms with Crippen LogP contribution in [-0.2, 0) is 4.79 Å². The second-order valence-corrected chi connectivity index (χ2v) is 4.81. The van der Waals surface area contributed by atoms with Gasteiger partial charge >= 0.3 is 24.0 Å². The molecule has 1 saturated carbocycles. The molecule has 0 radical (unpaired) electrons. The van der Waals surface area contributed by atoms with E-state index < -0.39 is 41.2 Å². The normalized spacial score (nSPS) is 28.1. The molecule has 1 rings (SSSR count). The summed E-state index contributed by atoms with van der Waals surface area (Å²) in [5.74, 6) is -18.0. The average Bonchev–Trinajstić information content (AvgIpc) is 2.67. The molecular weight excluding hydrogens is 273 g/mol. The molecule has 1 aliphatic rings. The van der Waals surface area contributed by atoms with Crippen LogP contribution in [-0.4, -0.2) is 29.1 Å². The minimum Gasteiger partial charge on any atom is -0.481 e. The van der Waals surface area contributed by atoms with Crippen LogP contribution in [0.25, 0.3) is 0 Å². The maximum Gasteiger partial charge on any atom is 0.459 e. The molecule has 2 nitrogen and oxygen atoms in total. The number of hydrogen-bond acceptors (Lipinski definition) is 1. The Bertz CT molecular complexity index is 372. The van der Waals surface area contributed by atoms with Crippen LogP contribution < -0.4 is 0 Å². The Kier molecular flexibility index (Phi) is 2.93. The topological polar surface area (TPSA) is 37.3 Å². The molecule has 0 unspecified atom stereocenters. The number of alkyl halides is 7. The van der Waals surface area contributed by atoms with Gasteiger partial charge in [-0.25, -0.2) is 0 Å². The molecule has 0 aliphatic heterocycles. The van der Waals surface area contributed by atoms with E-state index >= 15 is 0 Å². The number of halogens is 7. The van der Waals surface area contributed by atoms with Gasteiger partial charge in [0.15, 0.2) is 0 Å². The van der Waals surface area contributed by atoms with E-state index in [4.69, 9.17) is 5.11 Å². The molecule has 2 atom stereocenters. The summed E-state index contributed by atoms with van der Waals surface area (Å²) < 4.78 is 87.7. The van der Waals surface area contributed by atoms with Gasteiger partial charge in [-0.2, -0.15) is 30.7 Å². The van der Waals surface area contributed by atoms with E-state index in [9.17, 15) is 35.5 Å². The first kappa shape index (κ1) is 15.0. The number of carbonyl (C=O) groups is 1. The third-order valence-electron chi connectivity index (χ3n) is 3.26. The third kappa shape index (κ3) is 1.74. The lowest BCUT2D eigenvalue weighted by Crippen LogP contribution is -2.54. The van der Waals surface area contributed by atoms with Crippen molar-refractivity contribution < 1.29 is 40.6 Å². The van der Waals surface area contributed by atoms with Crippen LogP contribution in [0.3, 0.4) is 0 Å².